The molecule has 1 aromatic carbocycles. The number of carbonyl (C=O) groups excluding carboxylic acids is 1. The number of rotatable bonds is 7. The summed E-state index contributed by atoms with van der Waals surface area (Å²) in [6, 6.07) is 12.4. The third kappa shape index (κ3) is 4.45. The van der Waals surface area contributed by atoms with Gasteiger partial charge >= 0.3 is 0 Å². The highest BCUT2D eigenvalue weighted by Gasteiger charge is 2.19. The molecule has 1 N–H and O–H groups in total. The Morgan fingerprint density at radius 2 is 2.07 bits per heavy atom. The summed E-state index contributed by atoms with van der Waals surface area (Å²) in [5.74, 6) is 2.34. The van der Waals surface area contributed by atoms with E-state index in [1.165, 1.54) is 11.1 Å². The van der Waals surface area contributed by atoms with Gasteiger partial charge in [-0.3, -0.25) is 9.69 Å². The van der Waals surface area contributed by atoms with Crippen LogP contribution in [-0.2, 0) is 37.3 Å². The lowest BCUT2D eigenvalue weighted by atomic mass is 10.00. The van der Waals surface area contributed by atoms with Crippen molar-refractivity contribution in [1.29, 1.82) is 0 Å². The molecular formula is C20H24N6O2. The topological polar surface area (TPSA) is 89.1 Å². The fourth-order valence-corrected chi connectivity index (χ4v) is 3.48. The van der Waals surface area contributed by atoms with Crippen LogP contribution >= 0.6 is 0 Å². The molecule has 0 aliphatic carbocycles. The highest BCUT2D eigenvalue weighted by molar-refractivity contribution is 5.75. The van der Waals surface area contributed by atoms with E-state index in [0.717, 1.165) is 31.0 Å². The van der Waals surface area contributed by atoms with E-state index in [1.807, 2.05) is 19.1 Å². The van der Waals surface area contributed by atoms with Crippen LogP contribution in [0.15, 0.2) is 40.8 Å². The lowest BCUT2D eigenvalue weighted by Gasteiger charge is -2.28. The van der Waals surface area contributed by atoms with Gasteiger partial charge in [-0.1, -0.05) is 24.3 Å². The molecule has 8 nitrogen and oxygen atoms in total. The van der Waals surface area contributed by atoms with Gasteiger partial charge in [0.15, 0.2) is 5.82 Å². The molecule has 8 heteroatoms. The molecule has 0 radical (unpaired) electrons. The van der Waals surface area contributed by atoms with Gasteiger partial charge in [-0.25, -0.2) is 4.68 Å². The van der Waals surface area contributed by atoms with Crippen LogP contribution in [0.1, 0.15) is 28.5 Å². The van der Waals surface area contributed by atoms with Crippen molar-refractivity contribution in [3.8, 4) is 0 Å². The summed E-state index contributed by atoms with van der Waals surface area (Å²) in [7, 11) is 0. The molecule has 4 rings (SSSR count). The van der Waals surface area contributed by atoms with E-state index >= 15 is 0 Å². The Bertz CT molecular complexity index is 948. The second kappa shape index (κ2) is 8.35. The summed E-state index contributed by atoms with van der Waals surface area (Å²) in [6.45, 7) is 5.00. The average Bonchev–Trinajstić information content (AvgIpc) is 3.30. The van der Waals surface area contributed by atoms with E-state index in [1.54, 1.807) is 4.68 Å². The first-order chi connectivity index (χ1) is 13.7. The van der Waals surface area contributed by atoms with Crippen LogP contribution in [0.3, 0.4) is 0 Å². The quantitative estimate of drug-likeness (QED) is 0.668. The van der Waals surface area contributed by atoms with Crippen molar-refractivity contribution >= 4 is 5.91 Å². The molecule has 146 valence electrons. The van der Waals surface area contributed by atoms with Crippen LogP contribution in [-0.4, -0.2) is 44.1 Å². The van der Waals surface area contributed by atoms with Crippen LogP contribution in [0.4, 0.5) is 0 Å². The fraction of sp³-hybridized carbons (Fsp3) is 0.400. The smallest absolute Gasteiger partial charge is 0.241 e. The molecular weight excluding hydrogens is 356 g/mol. The van der Waals surface area contributed by atoms with E-state index in [9.17, 15) is 4.79 Å². The summed E-state index contributed by atoms with van der Waals surface area (Å²) in [4.78, 5) is 14.5. The zero-order valence-corrected chi connectivity index (χ0v) is 16.0. The molecule has 3 aromatic rings. The summed E-state index contributed by atoms with van der Waals surface area (Å²) in [6.07, 6.45) is 1.68. The maximum absolute atomic E-state index is 12.2. The number of nitrogens with zero attached hydrogens (tertiary/aromatic N) is 5. The molecule has 0 spiro atoms. The number of aryl methyl sites for hydroxylation is 1. The van der Waals surface area contributed by atoms with E-state index in [4.69, 9.17) is 4.42 Å². The zero-order chi connectivity index (χ0) is 19.3. The zero-order valence-electron chi connectivity index (χ0n) is 16.0. The van der Waals surface area contributed by atoms with Gasteiger partial charge in [-0.2, -0.15) is 0 Å². The Morgan fingerprint density at radius 1 is 1.21 bits per heavy atom. The highest BCUT2D eigenvalue weighted by Crippen LogP contribution is 2.19. The first-order valence-electron chi connectivity index (χ1n) is 9.53. The Labute approximate surface area is 163 Å². The normalized spacial score (nSPS) is 14.0. The molecule has 1 aliphatic heterocycles. The maximum Gasteiger partial charge on any atom is 0.241 e. The van der Waals surface area contributed by atoms with Gasteiger partial charge in [-0.05, 0) is 47.0 Å². The number of aromatic nitrogens is 4. The minimum Gasteiger partial charge on any atom is -0.466 e. The standard InChI is InChI=1S/C20H24N6O2/c1-15-6-7-18(28-15)8-10-21-20(27)14-26-19(22-23-24-26)13-25-11-9-16-4-2-3-5-17(16)12-25/h2-7H,8-14H2,1H3,(H,21,27). The Balaban J connectivity index is 1.28. The summed E-state index contributed by atoms with van der Waals surface area (Å²) in [5, 5.41) is 14.8. The largest absolute Gasteiger partial charge is 0.466 e. The molecule has 0 bridgehead atoms. The first-order valence-corrected chi connectivity index (χ1v) is 9.53. The number of tetrazole rings is 1. The second-order valence-electron chi connectivity index (χ2n) is 7.09. The van der Waals surface area contributed by atoms with Gasteiger partial charge in [0.1, 0.15) is 18.1 Å². The molecule has 1 amide bonds. The number of carbonyl (C=O) groups is 1. The van der Waals surface area contributed by atoms with Crippen LogP contribution in [0.25, 0.3) is 0 Å². The molecule has 0 saturated heterocycles. The average molecular weight is 380 g/mol. The van der Waals surface area contributed by atoms with Crippen LogP contribution in [0.5, 0.6) is 0 Å². The molecule has 2 aromatic heterocycles. The van der Waals surface area contributed by atoms with Gasteiger partial charge in [-0.15, -0.1) is 5.10 Å². The maximum atomic E-state index is 12.2. The van der Waals surface area contributed by atoms with E-state index < -0.39 is 0 Å². The molecule has 0 unspecified atom stereocenters. The Kier molecular flexibility index (Phi) is 5.48. The highest BCUT2D eigenvalue weighted by atomic mass is 16.3. The number of hydrogen-bond donors (Lipinski definition) is 1. The molecule has 0 atom stereocenters. The Morgan fingerprint density at radius 3 is 2.89 bits per heavy atom. The summed E-state index contributed by atoms with van der Waals surface area (Å²) in [5.41, 5.74) is 2.75. The fourth-order valence-electron chi connectivity index (χ4n) is 3.48. The lowest BCUT2D eigenvalue weighted by Crippen LogP contribution is -2.33. The third-order valence-corrected chi connectivity index (χ3v) is 4.96. The number of benzene rings is 1. The summed E-state index contributed by atoms with van der Waals surface area (Å²) >= 11 is 0. The monoisotopic (exact) mass is 380 g/mol. The number of nitrogens with one attached hydrogen (secondary N) is 1. The van der Waals surface area contributed by atoms with Crippen LogP contribution in [0.2, 0.25) is 0 Å². The van der Waals surface area contributed by atoms with Gasteiger partial charge in [0, 0.05) is 26.1 Å². The summed E-state index contributed by atoms with van der Waals surface area (Å²) < 4.78 is 7.08. The molecule has 0 saturated carbocycles. The molecule has 1 aliphatic rings. The van der Waals surface area contributed by atoms with Crippen LogP contribution in [0, 0.1) is 6.92 Å². The molecule has 28 heavy (non-hydrogen) atoms. The predicted molar refractivity (Wildman–Crippen MR) is 102 cm³/mol. The minimum absolute atomic E-state index is 0.110. The number of furan rings is 1. The lowest BCUT2D eigenvalue weighted by molar-refractivity contribution is -0.121. The van der Waals surface area contributed by atoms with Crippen molar-refractivity contribution in [3.05, 3.63) is 64.9 Å². The number of amides is 1. The SMILES string of the molecule is Cc1ccc(CCNC(=O)Cn2nnnc2CN2CCc3ccccc3C2)o1. The predicted octanol–water partition coefficient (Wildman–Crippen LogP) is 1.49. The molecule has 3 heterocycles. The van der Waals surface area contributed by atoms with E-state index in [2.05, 4.69) is 50.0 Å². The third-order valence-electron chi connectivity index (χ3n) is 4.96. The van der Waals surface area contributed by atoms with Gasteiger partial charge in [0.2, 0.25) is 5.91 Å². The minimum atomic E-state index is -0.110. The van der Waals surface area contributed by atoms with E-state index in [0.29, 0.717) is 25.3 Å². The first kappa shape index (κ1) is 18.4. The van der Waals surface area contributed by atoms with Gasteiger partial charge < -0.3 is 9.73 Å². The van der Waals surface area contributed by atoms with Crippen molar-refractivity contribution < 1.29 is 9.21 Å². The van der Waals surface area contributed by atoms with Crippen molar-refractivity contribution in [2.24, 2.45) is 0 Å². The van der Waals surface area contributed by atoms with Gasteiger partial charge in [0.25, 0.3) is 0 Å². The van der Waals surface area contributed by atoms with Crippen molar-refractivity contribution in [2.45, 2.75) is 39.4 Å². The second-order valence-corrected chi connectivity index (χ2v) is 7.09. The molecule has 0 fully saturated rings. The van der Waals surface area contributed by atoms with Crippen molar-refractivity contribution in [1.82, 2.24) is 30.4 Å². The van der Waals surface area contributed by atoms with E-state index in [-0.39, 0.29) is 12.5 Å². The van der Waals surface area contributed by atoms with Gasteiger partial charge in [0.05, 0.1) is 6.54 Å². The van der Waals surface area contributed by atoms with Crippen molar-refractivity contribution in [3.63, 3.8) is 0 Å². The van der Waals surface area contributed by atoms with Crippen LogP contribution < -0.4 is 5.32 Å². The Hall–Kier alpha value is -3.00. The number of hydrogen-bond acceptors (Lipinski definition) is 6. The number of fused-ring (bicyclic) bond motifs is 1. The van der Waals surface area contributed by atoms with Crippen molar-refractivity contribution in [2.75, 3.05) is 13.1 Å².